The van der Waals surface area contributed by atoms with Gasteiger partial charge in [0.1, 0.15) is 5.60 Å². The zero-order chi connectivity index (χ0) is 26.6. The number of benzene rings is 1. The van der Waals surface area contributed by atoms with E-state index in [-0.39, 0.29) is 24.4 Å². The number of rotatable bonds is 3. The molecule has 1 aliphatic carbocycles. The number of carbonyl (C=O) groups is 2. The second-order valence-electron chi connectivity index (χ2n) is 9.72. The van der Waals surface area contributed by atoms with Crippen molar-refractivity contribution in [3.8, 4) is 0 Å². The van der Waals surface area contributed by atoms with Crippen LogP contribution in [-0.2, 0) is 19.9 Å². The molecule has 1 heterocycles. The van der Waals surface area contributed by atoms with Gasteiger partial charge in [-0.3, -0.25) is 9.69 Å². The molecular weight excluding hydrogens is 487 g/mol. The Kier molecular flexibility index (Phi) is 6.84. The smallest absolute Gasteiger partial charge is 0.435 e. The number of carbonyl (C=O) groups excluding carboxylic acids is 2. The van der Waals surface area contributed by atoms with Crippen LogP contribution < -0.4 is 4.90 Å². The third kappa shape index (κ3) is 4.80. The van der Waals surface area contributed by atoms with Gasteiger partial charge >= 0.3 is 30.1 Å². The SMILES string of the molecule is CCOC(=O)[C@@H]1CC[C@H]2c3ccc(C(F)(C(F)(F)F)C(F)(F)F)cc3N(C(=O)OC(C)(C)C)C[C@@H]12. The quantitative estimate of drug-likeness (QED) is 0.347. The van der Waals surface area contributed by atoms with Gasteiger partial charge in [-0.05, 0) is 64.0 Å². The fraction of sp³-hybridized carbons (Fsp3) is 0.652. The van der Waals surface area contributed by atoms with E-state index in [2.05, 4.69) is 0 Å². The molecule has 0 unspecified atom stereocenters. The summed E-state index contributed by atoms with van der Waals surface area (Å²) >= 11 is 0. The first-order valence-electron chi connectivity index (χ1n) is 11.1. The summed E-state index contributed by atoms with van der Waals surface area (Å²) in [5.41, 5.74) is -8.44. The molecule has 0 N–H and O–H groups in total. The Bertz CT molecular complexity index is 970. The van der Waals surface area contributed by atoms with Crippen LogP contribution in [0, 0.1) is 11.8 Å². The molecule has 3 rings (SSSR count). The fourth-order valence-electron chi connectivity index (χ4n) is 4.84. The Morgan fingerprint density at radius 3 is 2.11 bits per heavy atom. The first kappa shape index (κ1) is 27.1. The Hall–Kier alpha value is -2.53. The summed E-state index contributed by atoms with van der Waals surface area (Å²) in [5, 5.41) is 0. The Morgan fingerprint density at radius 2 is 1.60 bits per heavy atom. The van der Waals surface area contributed by atoms with Crippen LogP contribution in [0.3, 0.4) is 0 Å². The largest absolute Gasteiger partial charge is 0.466 e. The molecule has 35 heavy (non-hydrogen) atoms. The highest BCUT2D eigenvalue weighted by Gasteiger charge is 2.73. The second kappa shape index (κ2) is 8.85. The highest BCUT2D eigenvalue weighted by atomic mass is 19.4. The van der Waals surface area contributed by atoms with Crippen LogP contribution in [0.2, 0.25) is 0 Å². The predicted molar refractivity (Wildman–Crippen MR) is 111 cm³/mol. The Labute approximate surface area is 197 Å². The highest BCUT2D eigenvalue weighted by molar-refractivity contribution is 5.90. The van der Waals surface area contributed by atoms with Gasteiger partial charge in [0, 0.05) is 12.1 Å². The van der Waals surface area contributed by atoms with Crippen LogP contribution in [0.25, 0.3) is 0 Å². The maximum Gasteiger partial charge on any atom is 0.435 e. The lowest BCUT2D eigenvalue weighted by molar-refractivity contribution is -0.348. The normalized spacial score (nSPS) is 22.9. The van der Waals surface area contributed by atoms with Crippen molar-refractivity contribution in [1.29, 1.82) is 0 Å². The van der Waals surface area contributed by atoms with Gasteiger partial charge in [-0.1, -0.05) is 12.1 Å². The molecule has 0 spiro atoms. The number of halogens is 7. The van der Waals surface area contributed by atoms with E-state index in [1.165, 1.54) is 20.8 Å². The molecule has 1 aromatic carbocycles. The maximum atomic E-state index is 14.8. The summed E-state index contributed by atoms with van der Waals surface area (Å²) in [6, 6.07) is 1.82. The van der Waals surface area contributed by atoms with Crippen molar-refractivity contribution >= 4 is 17.7 Å². The summed E-state index contributed by atoms with van der Waals surface area (Å²) in [5.74, 6) is -2.07. The summed E-state index contributed by atoms with van der Waals surface area (Å²) in [4.78, 5) is 26.3. The number of anilines is 1. The summed E-state index contributed by atoms with van der Waals surface area (Å²) in [6.07, 6.45) is -12.9. The molecule has 1 aromatic rings. The summed E-state index contributed by atoms with van der Waals surface area (Å²) in [6.45, 7) is 6.13. The zero-order valence-corrected chi connectivity index (χ0v) is 19.5. The second-order valence-corrected chi connectivity index (χ2v) is 9.72. The minimum Gasteiger partial charge on any atom is -0.466 e. The van der Waals surface area contributed by atoms with Crippen molar-refractivity contribution in [1.82, 2.24) is 0 Å². The number of amides is 1. The maximum absolute atomic E-state index is 14.8. The van der Waals surface area contributed by atoms with Crippen molar-refractivity contribution in [3.63, 3.8) is 0 Å². The number of nitrogens with zero attached hydrogens (tertiary/aromatic N) is 1. The molecule has 5 nitrogen and oxygen atoms in total. The molecule has 1 amide bonds. The molecular formula is C23H26F7NO4. The van der Waals surface area contributed by atoms with Gasteiger partial charge in [0.15, 0.2) is 0 Å². The van der Waals surface area contributed by atoms with E-state index in [0.29, 0.717) is 25.0 Å². The van der Waals surface area contributed by atoms with Crippen LogP contribution in [0.1, 0.15) is 57.6 Å². The van der Waals surface area contributed by atoms with E-state index >= 15 is 0 Å². The molecule has 0 saturated heterocycles. The topological polar surface area (TPSA) is 55.8 Å². The molecule has 1 aliphatic heterocycles. The average molecular weight is 513 g/mol. The van der Waals surface area contributed by atoms with Gasteiger partial charge in [0.05, 0.1) is 18.2 Å². The first-order chi connectivity index (χ1) is 15.9. The van der Waals surface area contributed by atoms with Crippen LogP contribution in [0.15, 0.2) is 18.2 Å². The van der Waals surface area contributed by atoms with E-state index in [1.54, 1.807) is 6.92 Å². The number of ether oxygens (including phenoxy) is 2. The molecule has 0 bridgehead atoms. The van der Waals surface area contributed by atoms with Gasteiger partial charge < -0.3 is 9.47 Å². The molecule has 3 atom stereocenters. The molecule has 2 aliphatic rings. The number of fused-ring (bicyclic) bond motifs is 3. The minimum atomic E-state index is -6.30. The van der Waals surface area contributed by atoms with E-state index in [4.69, 9.17) is 9.47 Å². The third-order valence-corrected chi connectivity index (χ3v) is 6.32. The highest BCUT2D eigenvalue weighted by Crippen LogP contribution is 2.56. The molecule has 1 fully saturated rings. The van der Waals surface area contributed by atoms with Crippen LogP contribution >= 0.6 is 0 Å². The van der Waals surface area contributed by atoms with Crippen molar-refractivity contribution in [2.75, 3.05) is 18.1 Å². The molecule has 0 aromatic heterocycles. The molecule has 12 heteroatoms. The summed E-state index contributed by atoms with van der Waals surface area (Å²) in [7, 11) is 0. The first-order valence-corrected chi connectivity index (χ1v) is 11.1. The van der Waals surface area contributed by atoms with E-state index < -0.39 is 59.0 Å². The average Bonchev–Trinajstić information content (AvgIpc) is 3.13. The molecule has 1 saturated carbocycles. The Balaban J connectivity index is 2.15. The monoisotopic (exact) mass is 513 g/mol. The number of esters is 1. The third-order valence-electron chi connectivity index (χ3n) is 6.32. The lowest BCUT2D eigenvalue weighted by atomic mass is 9.79. The van der Waals surface area contributed by atoms with Crippen LogP contribution in [0.4, 0.5) is 41.2 Å². The van der Waals surface area contributed by atoms with Gasteiger partial charge in [-0.2, -0.15) is 26.3 Å². The van der Waals surface area contributed by atoms with Crippen LogP contribution in [-0.4, -0.2) is 43.2 Å². The van der Waals surface area contributed by atoms with E-state index in [9.17, 15) is 40.3 Å². The van der Waals surface area contributed by atoms with Gasteiger partial charge in [0.2, 0.25) is 0 Å². The minimum absolute atomic E-state index is 0.121. The molecule has 0 radical (unpaired) electrons. The standard InChI is InChI=1S/C23H26F7NO4/c1-5-34-18(32)15-9-8-13-14-7-6-12(21(24,22(25,26)27)23(28,29)30)10-17(14)31(11-16(13)15)19(33)35-20(2,3)4/h6-7,10,13,15-16H,5,8-9,11H2,1-4H3/t13-,15+,16+/m0/s1. The number of hydrogen-bond donors (Lipinski definition) is 0. The Morgan fingerprint density at radius 1 is 1.00 bits per heavy atom. The van der Waals surface area contributed by atoms with Gasteiger partial charge in [-0.25, -0.2) is 9.18 Å². The van der Waals surface area contributed by atoms with E-state index in [0.717, 1.165) is 11.0 Å². The van der Waals surface area contributed by atoms with Crippen LogP contribution in [0.5, 0.6) is 0 Å². The van der Waals surface area contributed by atoms with Crippen molar-refractivity contribution in [3.05, 3.63) is 29.3 Å². The molecule has 196 valence electrons. The van der Waals surface area contributed by atoms with E-state index in [1.807, 2.05) is 0 Å². The van der Waals surface area contributed by atoms with Crippen molar-refractivity contribution in [2.24, 2.45) is 11.8 Å². The van der Waals surface area contributed by atoms with Gasteiger partial charge in [-0.15, -0.1) is 0 Å². The summed E-state index contributed by atoms with van der Waals surface area (Å²) < 4.78 is 105. The predicted octanol–water partition coefficient (Wildman–Crippen LogP) is 6.40. The van der Waals surface area contributed by atoms with Crippen molar-refractivity contribution < 1.29 is 49.8 Å². The lowest BCUT2D eigenvalue weighted by Gasteiger charge is -2.40. The number of hydrogen-bond acceptors (Lipinski definition) is 4. The van der Waals surface area contributed by atoms with Crippen molar-refractivity contribution in [2.45, 2.75) is 70.1 Å². The number of alkyl halides is 7. The van der Waals surface area contributed by atoms with Gasteiger partial charge in [0.25, 0.3) is 0 Å². The lowest BCUT2D eigenvalue weighted by Crippen LogP contribution is -2.51. The fourth-order valence-corrected chi connectivity index (χ4v) is 4.84. The zero-order valence-electron chi connectivity index (χ0n) is 19.5.